The van der Waals surface area contributed by atoms with E-state index in [1.165, 1.54) is 0 Å². The molecule has 0 saturated carbocycles. The first kappa shape index (κ1) is 16.7. The van der Waals surface area contributed by atoms with Gasteiger partial charge in [0.25, 0.3) is 0 Å². The highest BCUT2D eigenvalue weighted by molar-refractivity contribution is 5.76. The van der Waals surface area contributed by atoms with Crippen molar-refractivity contribution >= 4 is 5.91 Å². The number of carbonyl (C=O) groups excluding carboxylic acids is 1. The molecule has 0 aromatic carbocycles. The molecule has 2 aliphatic rings. The monoisotopic (exact) mass is 296 g/mol. The van der Waals surface area contributed by atoms with Gasteiger partial charge in [-0.3, -0.25) is 9.69 Å². The Hall–Kier alpha value is -0.650. The Morgan fingerprint density at radius 2 is 2.00 bits per heavy atom. The lowest BCUT2D eigenvalue weighted by molar-refractivity contribution is -0.121. The van der Waals surface area contributed by atoms with Crippen LogP contribution in [0.1, 0.15) is 33.1 Å². The maximum absolute atomic E-state index is 11.6. The molecule has 5 heteroatoms. The molecule has 0 aromatic heterocycles. The van der Waals surface area contributed by atoms with Gasteiger partial charge in [-0.1, -0.05) is 13.8 Å². The van der Waals surface area contributed by atoms with Gasteiger partial charge >= 0.3 is 0 Å². The second-order valence-electron chi connectivity index (χ2n) is 6.95. The second-order valence-corrected chi connectivity index (χ2v) is 6.95. The molecule has 21 heavy (non-hydrogen) atoms. The average molecular weight is 296 g/mol. The van der Waals surface area contributed by atoms with Crippen molar-refractivity contribution in [3.63, 3.8) is 0 Å². The summed E-state index contributed by atoms with van der Waals surface area (Å²) in [6, 6.07) is 0.922. The fourth-order valence-electron chi connectivity index (χ4n) is 3.38. The van der Waals surface area contributed by atoms with Gasteiger partial charge in [-0.2, -0.15) is 0 Å². The number of hydrogen-bond acceptors (Lipinski definition) is 4. The van der Waals surface area contributed by atoms with Crippen LogP contribution in [0.2, 0.25) is 0 Å². The zero-order valence-electron chi connectivity index (χ0n) is 13.9. The van der Waals surface area contributed by atoms with E-state index in [-0.39, 0.29) is 5.91 Å². The summed E-state index contributed by atoms with van der Waals surface area (Å²) in [4.78, 5) is 16.7. The van der Waals surface area contributed by atoms with Crippen LogP contribution >= 0.6 is 0 Å². The summed E-state index contributed by atoms with van der Waals surface area (Å²) >= 11 is 0. The van der Waals surface area contributed by atoms with Crippen LogP contribution < -0.4 is 10.6 Å². The SMILES string of the molecule is CC(C)C(CNC1CCCNC(=O)C1)N1CCN(C)CC1. The van der Waals surface area contributed by atoms with E-state index in [1.807, 2.05) is 0 Å². The molecule has 0 bridgehead atoms. The number of rotatable bonds is 5. The fraction of sp³-hybridized carbons (Fsp3) is 0.938. The fourth-order valence-corrected chi connectivity index (χ4v) is 3.38. The maximum atomic E-state index is 11.6. The summed E-state index contributed by atoms with van der Waals surface area (Å²) in [6.45, 7) is 11.1. The molecule has 0 aromatic rings. The van der Waals surface area contributed by atoms with Crippen LogP contribution in [0.25, 0.3) is 0 Å². The van der Waals surface area contributed by atoms with Crippen LogP contribution in [0, 0.1) is 5.92 Å². The Balaban J connectivity index is 1.83. The molecule has 2 unspecified atom stereocenters. The highest BCUT2D eigenvalue weighted by Gasteiger charge is 2.26. The van der Waals surface area contributed by atoms with E-state index in [9.17, 15) is 4.79 Å². The summed E-state index contributed by atoms with van der Waals surface area (Å²) in [5.74, 6) is 0.839. The Morgan fingerprint density at radius 3 is 2.67 bits per heavy atom. The zero-order valence-corrected chi connectivity index (χ0v) is 13.9. The molecule has 2 saturated heterocycles. The van der Waals surface area contributed by atoms with Crippen molar-refractivity contribution in [2.45, 2.75) is 45.2 Å². The van der Waals surface area contributed by atoms with E-state index >= 15 is 0 Å². The Morgan fingerprint density at radius 1 is 1.29 bits per heavy atom. The van der Waals surface area contributed by atoms with Gasteiger partial charge in [0.15, 0.2) is 0 Å². The van der Waals surface area contributed by atoms with Crippen LogP contribution in [0.4, 0.5) is 0 Å². The molecular formula is C16H32N4O. The van der Waals surface area contributed by atoms with E-state index in [1.54, 1.807) is 0 Å². The molecule has 1 amide bonds. The molecule has 0 radical (unpaired) electrons. The minimum absolute atomic E-state index is 0.200. The van der Waals surface area contributed by atoms with Crippen molar-refractivity contribution in [3.8, 4) is 0 Å². The number of hydrogen-bond donors (Lipinski definition) is 2. The van der Waals surface area contributed by atoms with Crippen molar-refractivity contribution in [1.82, 2.24) is 20.4 Å². The van der Waals surface area contributed by atoms with Gasteiger partial charge in [-0.15, -0.1) is 0 Å². The first-order valence-electron chi connectivity index (χ1n) is 8.49. The van der Waals surface area contributed by atoms with Crippen LogP contribution in [0.3, 0.4) is 0 Å². The van der Waals surface area contributed by atoms with Gasteiger partial charge in [0.1, 0.15) is 0 Å². The van der Waals surface area contributed by atoms with Crippen molar-refractivity contribution < 1.29 is 4.79 Å². The van der Waals surface area contributed by atoms with Gasteiger partial charge in [0.05, 0.1) is 0 Å². The maximum Gasteiger partial charge on any atom is 0.221 e. The van der Waals surface area contributed by atoms with Gasteiger partial charge in [-0.25, -0.2) is 0 Å². The molecule has 2 N–H and O–H groups in total. The van der Waals surface area contributed by atoms with Crippen LogP contribution in [0.5, 0.6) is 0 Å². The number of likely N-dealkylation sites (N-methyl/N-ethyl adjacent to an activating group) is 1. The van der Waals surface area contributed by atoms with E-state index in [0.717, 1.165) is 52.1 Å². The Labute approximate surface area is 129 Å². The van der Waals surface area contributed by atoms with Gasteiger partial charge in [0.2, 0.25) is 5.91 Å². The lowest BCUT2D eigenvalue weighted by Gasteiger charge is -2.40. The number of carbonyl (C=O) groups is 1. The lowest BCUT2D eigenvalue weighted by atomic mass is 10.00. The molecule has 2 heterocycles. The third kappa shape index (κ3) is 5.24. The molecule has 0 spiro atoms. The standard InChI is InChI=1S/C16H32N4O/c1-13(2)15(20-9-7-19(3)8-10-20)12-18-14-5-4-6-17-16(21)11-14/h13-15,18H,4-12H2,1-3H3,(H,17,21). The smallest absolute Gasteiger partial charge is 0.221 e. The summed E-state index contributed by atoms with van der Waals surface area (Å²) in [5, 5.41) is 6.62. The predicted molar refractivity (Wildman–Crippen MR) is 86.3 cm³/mol. The van der Waals surface area contributed by atoms with E-state index in [2.05, 4.69) is 41.3 Å². The molecule has 2 rings (SSSR count). The molecule has 0 aliphatic carbocycles. The quantitative estimate of drug-likeness (QED) is 0.776. The third-order valence-electron chi connectivity index (χ3n) is 4.88. The minimum atomic E-state index is 0.200. The van der Waals surface area contributed by atoms with Gasteiger partial charge < -0.3 is 15.5 Å². The second kappa shape index (κ2) is 8.11. The largest absolute Gasteiger partial charge is 0.356 e. The first-order valence-corrected chi connectivity index (χ1v) is 8.49. The molecule has 5 nitrogen and oxygen atoms in total. The minimum Gasteiger partial charge on any atom is -0.356 e. The number of nitrogens with zero attached hydrogens (tertiary/aromatic N) is 2. The highest BCUT2D eigenvalue weighted by Crippen LogP contribution is 2.14. The summed E-state index contributed by atoms with van der Waals surface area (Å²) in [7, 11) is 2.20. The van der Waals surface area contributed by atoms with Crippen LogP contribution in [-0.2, 0) is 4.79 Å². The Bertz CT molecular complexity index is 326. The van der Waals surface area contributed by atoms with Crippen molar-refractivity contribution in [3.05, 3.63) is 0 Å². The van der Waals surface area contributed by atoms with E-state index in [0.29, 0.717) is 24.4 Å². The highest BCUT2D eigenvalue weighted by atomic mass is 16.1. The molecular weight excluding hydrogens is 264 g/mol. The topological polar surface area (TPSA) is 47.6 Å². The summed E-state index contributed by atoms with van der Waals surface area (Å²) < 4.78 is 0. The van der Waals surface area contributed by atoms with Crippen molar-refractivity contribution in [2.24, 2.45) is 5.92 Å². The van der Waals surface area contributed by atoms with Crippen molar-refractivity contribution in [1.29, 1.82) is 0 Å². The summed E-state index contributed by atoms with van der Waals surface area (Å²) in [6.07, 6.45) is 2.82. The van der Waals surface area contributed by atoms with Crippen LogP contribution in [-0.4, -0.2) is 74.1 Å². The molecule has 2 fully saturated rings. The molecule has 122 valence electrons. The normalized spacial score (nSPS) is 27.4. The number of amides is 1. The summed E-state index contributed by atoms with van der Waals surface area (Å²) in [5.41, 5.74) is 0. The molecule has 2 aliphatic heterocycles. The lowest BCUT2D eigenvalue weighted by Crippen LogP contribution is -2.54. The third-order valence-corrected chi connectivity index (χ3v) is 4.88. The average Bonchev–Trinajstić information content (AvgIpc) is 2.65. The van der Waals surface area contributed by atoms with E-state index < -0.39 is 0 Å². The van der Waals surface area contributed by atoms with E-state index in [4.69, 9.17) is 0 Å². The molecule has 2 atom stereocenters. The van der Waals surface area contributed by atoms with Gasteiger partial charge in [-0.05, 0) is 25.8 Å². The van der Waals surface area contributed by atoms with Crippen molar-refractivity contribution in [2.75, 3.05) is 46.3 Å². The van der Waals surface area contributed by atoms with Crippen LogP contribution in [0.15, 0.2) is 0 Å². The van der Waals surface area contributed by atoms with Gasteiger partial charge in [0, 0.05) is 57.8 Å². The number of nitrogens with one attached hydrogen (secondary N) is 2. The Kier molecular flexibility index (Phi) is 6.45. The zero-order chi connectivity index (χ0) is 15.2. The number of piperazine rings is 1. The predicted octanol–water partition coefficient (Wildman–Crippen LogP) is 0.517. The first-order chi connectivity index (χ1) is 10.1.